The first-order chi connectivity index (χ1) is 12.7. The molecule has 0 aromatic heterocycles. The Kier molecular flexibility index (Phi) is 7.50. The number of rotatable bonds is 6. The van der Waals surface area contributed by atoms with Gasteiger partial charge in [0.05, 0.1) is 13.2 Å². The second-order valence-corrected chi connectivity index (χ2v) is 7.09. The lowest BCUT2D eigenvalue weighted by atomic mass is 10.1. The zero-order chi connectivity index (χ0) is 18.2. The second-order valence-electron chi connectivity index (χ2n) is 6.68. The number of morpholine rings is 1. The molecular formula is C20H27ClN2O3. The van der Waals surface area contributed by atoms with Crippen molar-refractivity contribution in [2.24, 2.45) is 0 Å². The van der Waals surface area contributed by atoms with Gasteiger partial charge < -0.3 is 14.4 Å². The molecule has 0 unspecified atom stereocenters. The Morgan fingerprint density at radius 1 is 1.15 bits per heavy atom. The van der Waals surface area contributed by atoms with Gasteiger partial charge in [0, 0.05) is 56.5 Å². The van der Waals surface area contributed by atoms with Crippen molar-refractivity contribution >= 4 is 23.6 Å². The molecule has 0 spiro atoms. The number of carbonyl (C=O) groups is 1. The Labute approximate surface area is 160 Å². The van der Waals surface area contributed by atoms with Crippen LogP contribution in [0.15, 0.2) is 30.3 Å². The number of benzene rings is 1. The molecule has 2 aliphatic heterocycles. The lowest BCUT2D eigenvalue weighted by Crippen LogP contribution is -2.48. The van der Waals surface area contributed by atoms with Crippen molar-refractivity contribution in [2.75, 3.05) is 52.6 Å². The van der Waals surface area contributed by atoms with Gasteiger partial charge in [-0.2, -0.15) is 0 Å². The van der Waals surface area contributed by atoms with E-state index in [1.165, 1.54) is 0 Å². The van der Waals surface area contributed by atoms with E-state index in [2.05, 4.69) is 4.90 Å². The summed E-state index contributed by atoms with van der Waals surface area (Å²) in [4.78, 5) is 17.3. The van der Waals surface area contributed by atoms with E-state index in [9.17, 15) is 4.79 Å². The Balaban J connectivity index is 1.64. The van der Waals surface area contributed by atoms with Crippen LogP contribution < -0.4 is 0 Å². The monoisotopic (exact) mass is 378 g/mol. The normalized spacial score (nSPS) is 19.7. The molecule has 2 aliphatic rings. The highest BCUT2D eigenvalue weighted by molar-refractivity contribution is 6.32. The van der Waals surface area contributed by atoms with Crippen LogP contribution in [0.5, 0.6) is 0 Å². The molecule has 0 radical (unpaired) electrons. The minimum atomic E-state index is 0.0464. The van der Waals surface area contributed by atoms with Crippen molar-refractivity contribution in [3.05, 3.63) is 40.9 Å². The highest BCUT2D eigenvalue weighted by Gasteiger charge is 2.25. The standard InChI is InChI=1S/C20H27ClN2O3/c21-19-4-2-1-3-17(19)5-6-20(24)23(18-7-13-25-14-8-18)10-9-22-11-15-26-16-12-22/h1-6,18H,7-16H2/b6-5+. The Bertz CT molecular complexity index is 611. The van der Waals surface area contributed by atoms with Gasteiger partial charge in [-0.1, -0.05) is 29.8 Å². The van der Waals surface area contributed by atoms with Crippen LogP contribution in [-0.2, 0) is 14.3 Å². The molecule has 0 N–H and O–H groups in total. The maximum Gasteiger partial charge on any atom is 0.246 e. The van der Waals surface area contributed by atoms with Gasteiger partial charge in [0.15, 0.2) is 0 Å². The van der Waals surface area contributed by atoms with E-state index in [0.717, 1.165) is 71.0 Å². The summed E-state index contributed by atoms with van der Waals surface area (Å²) in [5, 5.41) is 0.655. The average molecular weight is 379 g/mol. The number of amides is 1. The molecule has 3 rings (SSSR count). The van der Waals surface area contributed by atoms with Gasteiger partial charge in [-0.3, -0.25) is 9.69 Å². The number of carbonyl (C=O) groups excluding carboxylic acids is 1. The van der Waals surface area contributed by atoms with E-state index in [0.29, 0.717) is 5.02 Å². The fourth-order valence-corrected chi connectivity index (χ4v) is 3.61. The van der Waals surface area contributed by atoms with Crippen molar-refractivity contribution in [1.29, 1.82) is 0 Å². The molecule has 0 bridgehead atoms. The van der Waals surface area contributed by atoms with Gasteiger partial charge in [0.1, 0.15) is 0 Å². The lowest BCUT2D eigenvalue weighted by Gasteiger charge is -2.36. The summed E-state index contributed by atoms with van der Waals surface area (Å²) in [5.41, 5.74) is 0.864. The summed E-state index contributed by atoms with van der Waals surface area (Å²) in [6.07, 6.45) is 5.26. The average Bonchev–Trinajstić information content (AvgIpc) is 2.69. The van der Waals surface area contributed by atoms with Crippen molar-refractivity contribution in [3.8, 4) is 0 Å². The Hall–Kier alpha value is -1.40. The summed E-state index contributed by atoms with van der Waals surface area (Å²) in [5.74, 6) is 0.0464. The first-order valence-electron chi connectivity index (χ1n) is 9.35. The van der Waals surface area contributed by atoms with Crippen LogP contribution in [-0.4, -0.2) is 74.4 Å². The van der Waals surface area contributed by atoms with E-state index in [4.69, 9.17) is 21.1 Å². The Morgan fingerprint density at radius 2 is 1.85 bits per heavy atom. The number of ether oxygens (including phenoxy) is 2. The molecule has 142 valence electrons. The molecular weight excluding hydrogens is 352 g/mol. The van der Waals surface area contributed by atoms with E-state index in [-0.39, 0.29) is 11.9 Å². The van der Waals surface area contributed by atoms with E-state index < -0.39 is 0 Å². The molecule has 2 heterocycles. The molecule has 26 heavy (non-hydrogen) atoms. The third-order valence-corrected chi connectivity index (χ3v) is 5.33. The summed E-state index contributed by atoms with van der Waals surface area (Å²) in [7, 11) is 0. The topological polar surface area (TPSA) is 42.0 Å². The van der Waals surface area contributed by atoms with Crippen LogP contribution in [0.1, 0.15) is 18.4 Å². The summed E-state index contributed by atoms with van der Waals surface area (Å²) >= 11 is 6.19. The molecule has 2 fully saturated rings. The molecule has 1 amide bonds. The predicted octanol–water partition coefficient (Wildman–Crippen LogP) is 2.69. The summed E-state index contributed by atoms with van der Waals surface area (Å²) in [6.45, 7) is 6.48. The van der Waals surface area contributed by atoms with E-state index >= 15 is 0 Å². The van der Waals surface area contributed by atoms with Crippen LogP contribution >= 0.6 is 11.6 Å². The summed E-state index contributed by atoms with van der Waals surface area (Å²) in [6, 6.07) is 7.80. The quantitative estimate of drug-likeness (QED) is 0.714. The maximum absolute atomic E-state index is 12.9. The molecule has 5 nitrogen and oxygen atoms in total. The van der Waals surface area contributed by atoms with Crippen LogP contribution in [0, 0.1) is 0 Å². The number of hydrogen-bond donors (Lipinski definition) is 0. The highest BCUT2D eigenvalue weighted by Crippen LogP contribution is 2.18. The van der Waals surface area contributed by atoms with Crippen LogP contribution in [0.4, 0.5) is 0 Å². The first-order valence-corrected chi connectivity index (χ1v) is 9.73. The number of nitrogens with zero attached hydrogens (tertiary/aromatic N) is 2. The predicted molar refractivity (Wildman–Crippen MR) is 103 cm³/mol. The molecule has 0 saturated carbocycles. The first kappa shape index (κ1) is 19.4. The van der Waals surface area contributed by atoms with E-state index in [1.54, 1.807) is 6.08 Å². The van der Waals surface area contributed by atoms with Gasteiger partial charge in [-0.25, -0.2) is 0 Å². The van der Waals surface area contributed by atoms with Gasteiger partial charge in [-0.05, 0) is 30.5 Å². The van der Waals surface area contributed by atoms with Gasteiger partial charge in [0.2, 0.25) is 5.91 Å². The SMILES string of the molecule is O=C(/C=C/c1ccccc1Cl)N(CCN1CCOCC1)C1CCOCC1. The second kappa shape index (κ2) is 10.1. The van der Waals surface area contributed by atoms with Crippen molar-refractivity contribution in [3.63, 3.8) is 0 Å². The number of halogens is 1. The van der Waals surface area contributed by atoms with Crippen molar-refractivity contribution in [2.45, 2.75) is 18.9 Å². The van der Waals surface area contributed by atoms with E-state index in [1.807, 2.05) is 35.2 Å². The largest absolute Gasteiger partial charge is 0.381 e. The molecule has 0 aliphatic carbocycles. The third kappa shape index (κ3) is 5.55. The smallest absolute Gasteiger partial charge is 0.246 e. The zero-order valence-corrected chi connectivity index (χ0v) is 15.9. The van der Waals surface area contributed by atoms with Crippen molar-refractivity contribution in [1.82, 2.24) is 9.80 Å². The minimum absolute atomic E-state index is 0.0464. The molecule has 1 aromatic carbocycles. The zero-order valence-electron chi connectivity index (χ0n) is 15.1. The summed E-state index contributed by atoms with van der Waals surface area (Å²) < 4.78 is 10.9. The number of hydrogen-bond acceptors (Lipinski definition) is 4. The lowest BCUT2D eigenvalue weighted by molar-refractivity contribution is -0.130. The minimum Gasteiger partial charge on any atom is -0.381 e. The molecule has 6 heteroatoms. The fourth-order valence-electron chi connectivity index (χ4n) is 3.41. The van der Waals surface area contributed by atoms with Gasteiger partial charge >= 0.3 is 0 Å². The van der Waals surface area contributed by atoms with Gasteiger partial charge in [-0.15, -0.1) is 0 Å². The van der Waals surface area contributed by atoms with Crippen LogP contribution in [0.25, 0.3) is 6.08 Å². The van der Waals surface area contributed by atoms with Gasteiger partial charge in [0.25, 0.3) is 0 Å². The maximum atomic E-state index is 12.9. The Morgan fingerprint density at radius 3 is 2.58 bits per heavy atom. The molecule has 0 atom stereocenters. The van der Waals surface area contributed by atoms with Crippen molar-refractivity contribution < 1.29 is 14.3 Å². The van der Waals surface area contributed by atoms with Crippen LogP contribution in [0.3, 0.4) is 0 Å². The highest BCUT2D eigenvalue weighted by atomic mass is 35.5. The fraction of sp³-hybridized carbons (Fsp3) is 0.550. The van der Waals surface area contributed by atoms with Crippen LogP contribution in [0.2, 0.25) is 5.02 Å². The molecule has 2 saturated heterocycles. The third-order valence-electron chi connectivity index (χ3n) is 4.99. The molecule has 1 aromatic rings.